The van der Waals surface area contributed by atoms with Crippen LogP contribution in [0.1, 0.15) is 24.3 Å². The predicted octanol–water partition coefficient (Wildman–Crippen LogP) is 1.99. The van der Waals surface area contributed by atoms with Gasteiger partial charge in [0.1, 0.15) is 5.75 Å². The molecule has 2 aromatic carbocycles. The number of hydrogen-bond donors (Lipinski definition) is 3. The van der Waals surface area contributed by atoms with Crippen LogP contribution in [0.15, 0.2) is 36.4 Å². The number of aromatic hydroxyl groups is 1. The number of ether oxygens (including phenoxy) is 3. The van der Waals surface area contributed by atoms with Crippen LogP contribution in [0.2, 0.25) is 0 Å². The van der Waals surface area contributed by atoms with Crippen molar-refractivity contribution in [3.05, 3.63) is 42.0 Å². The van der Waals surface area contributed by atoms with Gasteiger partial charge in [0, 0.05) is 18.9 Å². The van der Waals surface area contributed by atoms with Crippen molar-refractivity contribution in [1.82, 2.24) is 5.32 Å². The molecule has 0 bridgehead atoms. The summed E-state index contributed by atoms with van der Waals surface area (Å²) in [6.07, 6.45) is 0.283. The minimum absolute atomic E-state index is 0.117. The molecule has 2 aromatic rings. The second kappa shape index (κ2) is 9.38. The second-order valence-corrected chi connectivity index (χ2v) is 6.66. The smallest absolute Gasteiger partial charge is 0.407 e. The van der Waals surface area contributed by atoms with Gasteiger partial charge in [-0.2, -0.15) is 0 Å². The summed E-state index contributed by atoms with van der Waals surface area (Å²) in [5.41, 5.74) is 6.03. The van der Waals surface area contributed by atoms with Gasteiger partial charge in [0.15, 0.2) is 12.9 Å². The Labute approximate surface area is 162 Å². The number of fused-ring (bicyclic) bond motifs is 1. The van der Waals surface area contributed by atoms with Crippen molar-refractivity contribution in [3.8, 4) is 5.75 Å². The van der Waals surface area contributed by atoms with Crippen molar-refractivity contribution in [2.75, 3.05) is 26.4 Å². The summed E-state index contributed by atoms with van der Waals surface area (Å²) >= 11 is 0. The van der Waals surface area contributed by atoms with E-state index in [2.05, 4.69) is 16.1 Å². The van der Waals surface area contributed by atoms with Crippen molar-refractivity contribution >= 4 is 22.8 Å². The Kier molecular flexibility index (Phi) is 6.67. The summed E-state index contributed by atoms with van der Waals surface area (Å²) in [6, 6.07) is 11.3. The van der Waals surface area contributed by atoms with E-state index >= 15 is 0 Å². The number of rotatable bonds is 7. The Balaban J connectivity index is 1.43. The molecule has 1 aliphatic heterocycles. The highest BCUT2D eigenvalue weighted by molar-refractivity contribution is 5.87. The molecule has 0 aromatic heterocycles. The number of carbonyl (C=O) groups is 2. The van der Waals surface area contributed by atoms with Crippen LogP contribution in [0.4, 0.5) is 4.79 Å². The van der Waals surface area contributed by atoms with Gasteiger partial charge in [-0.05, 0) is 34.9 Å². The normalized spacial score (nSPS) is 19.3. The quantitative estimate of drug-likeness (QED) is 0.624. The summed E-state index contributed by atoms with van der Waals surface area (Å²) in [5.74, 6) is -0.337. The van der Waals surface area contributed by atoms with E-state index in [1.807, 2.05) is 18.2 Å². The van der Waals surface area contributed by atoms with Crippen molar-refractivity contribution < 1.29 is 28.9 Å². The van der Waals surface area contributed by atoms with E-state index < -0.39 is 18.6 Å². The number of alkyl carbamates (subject to hydrolysis) is 1. The lowest BCUT2D eigenvalue weighted by atomic mass is 9.94. The minimum Gasteiger partial charge on any atom is -0.508 e. The fourth-order valence-electron chi connectivity index (χ4n) is 3.19. The molecule has 8 heteroatoms. The predicted molar refractivity (Wildman–Crippen MR) is 102 cm³/mol. The third-order valence-electron chi connectivity index (χ3n) is 4.54. The molecule has 0 atom stereocenters. The van der Waals surface area contributed by atoms with E-state index in [4.69, 9.17) is 15.2 Å². The fourth-order valence-corrected chi connectivity index (χ4v) is 3.19. The molecule has 150 valence electrons. The molecule has 0 unspecified atom stereocenters. The average molecular weight is 388 g/mol. The number of nitrogens with one attached hydrogen (secondary N) is 1. The van der Waals surface area contributed by atoms with Gasteiger partial charge < -0.3 is 30.4 Å². The molecule has 0 radical (unpaired) electrons. The Morgan fingerprint density at radius 1 is 1.21 bits per heavy atom. The number of nitrogens with two attached hydrogens (primary N) is 1. The maximum Gasteiger partial charge on any atom is 0.407 e. The highest BCUT2D eigenvalue weighted by Gasteiger charge is 2.24. The first-order valence-electron chi connectivity index (χ1n) is 9.16. The number of benzene rings is 2. The zero-order valence-corrected chi connectivity index (χ0v) is 15.4. The monoisotopic (exact) mass is 388 g/mol. The number of carbonyl (C=O) groups excluding carboxylic acids is 2. The molecule has 3 rings (SSSR count). The third-order valence-corrected chi connectivity index (χ3v) is 4.54. The van der Waals surface area contributed by atoms with Crippen LogP contribution in [-0.4, -0.2) is 49.8 Å². The lowest BCUT2D eigenvalue weighted by molar-refractivity contribution is -0.189. The molecule has 28 heavy (non-hydrogen) atoms. The van der Waals surface area contributed by atoms with Crippen LogP contribution in [0.5, 0.6) is 5.75 Å². The molecule has 0 spiro atoms. The standard InChI is InChI=1S/C20H24N2O6/c21-18(24)12-28-20(25)22-8-2-5-19-26-10-14(11-27-19)16-4-1-3-13-9-15(23)6-7-17(13)16/h1,3-4,6-7,9,14,19,23H,2,5,8,10-12H2,(H2,21,24)(H,22,25). The van der Waals surface area contributed by atoms with E-state index in [1.54, 1.807) is 12.1 Å². The summed E-state index contributed by atoms with van der Waals surface area (Å²) < 4.78 is 16.3. The number of hydrogen-bond acceptors (Lipinski definition) is 6. The molecule has 1 heterocycles. The lowest BCUT2D eigenvalue weighted by Gasteiger charge is -2.30. The Hall–Kier alpha value is -2.84. The van der Waals surface area contributed by atoms with Gasteiger partial charge in [-0.1, -0.05) is 24.3 Å². The fraction of sp³-hybridized carbons (Fsp3) is 0.400. The van der Waals surface area contributed by atoms with E-state index in [-0.39, 0.29) is 18.0 Å². The molecule has 4 N–H and O–H groups in total. The first-order valence-corrected chi connectivity index (χ1v) is 9.16. The minimum atomic E-state index is -0.697. The zero-order chi connectivity index (χ0) is 19.9. The first-order chi connectivity index (χ1) is 13.5. The topological polar surface area (TPSA) is 120 Å². The Morgan fingerprint density at radius 3 is 2.75 bits per heavy atom. The average Bonchev–Trinajstić information content (AvgIpc) is 2.69. The van der Waals surface area contributed by atoms with Crippen molar-refractivity contribution in [2.24, 2.45) is 5.73 Å². The Morgan fingerprint density at radius 2 is 2.00 bits per heavy atom. The molecule has 1 saturated heterocycles. The van der Waals surface area contributed by atoms with Gasteiger partial charge in [0.25, 0.3) is 5.91 Å². The second-order valence-electron chi connectivity index (χ2n) is 6.66. The van der Waals surface area contributed by atoms with Crippen molar-refractivity contribution in [1.29, 1.82) is 0 Å². The molecular formula is C20H24N2O6. The lowest BCUT2D eigenvalue weighted by Crippen LogP contribution is -2.33. The maximum absolute atomic E-state index is 11.3. The van der Waals surface area contributed by atoms with Crippen LogP contribution < -0.4 is 11.1 Å². The first kappa shape index (κ1) is 19.9. The molecule has 8 nitrogen and oxygen atoms in total. The number of phenolic OH excluding ortho intramolecular Hbond substituents is 1. The third kappa shape index (κ3) is 5.34. The number of amides is 2. The molecule has 2 amide bonds. The number of phenols is 1. The van der Waals surface area contributed by atoms with Gasteiger partial charge in [-0.3, -0.25) is 4.79 Å². The van der Waals surface area contributed by atoms with Crippen molar-refractivity contribution in [3.63, 3.8) is 0 Å². The summed E-state index contributed by atoms with van der Waals surface area (Å²) in [4.78, 5) is 21.8. The summed E-state index contributed by atoms with van der Waals surface area (Å²) in [7, 11) is 0. The van der Waals surface area contributed by atoms with Crippen LogP contribution in [0, 0.1) is 0 Å². The van der Waals surface area contributed by atoms with Crippen LogP contribution in [0.25, 0.3) is 10.8 Å². The van der Waals surface area contributed by atoms with E-state index in [0.29, 0.717) is 32.6 Å². The van der Waals surface area contributed by atoms with E-state index in [0.717, 1.165) is 16.3 Å². The highest BCUT2D eigenvalue weighted by atomic mass is 16.7. The van der Waals surface area contributed by atoms with Crippen LogP contribution in [-0.2, 0) is 19.0 Å². The molecular weight excluding hydrogens is 364 g/mol. The largest absolute Gasteiger partial charge is 0.508 e. The van der Waals surface area contributed by atoms with Gasteiger partial charge in [-0.25, -0.2) is 4.79 Å². The van der Waals surface area contributed by atoms with Crippen molar-refractivity contribution in [2.45, 2.75) is 25.0 Å². The summed E-state index contributed by atoms with van der Waals surface area (Å²) in [6.45, 7) is 1.03. The Bertz CT molecular complexity index is 833. The number of primary amides is 1. The molecule has 1 aliphatic rings. The maximum atomic E-state index is 11.3. The summed E-state index contributed by atoms with van der Waals surface area (Å²) in [5, 5.41) is 14.2. The molecule has 1 fully saturated rings. The van der Waals surface area contributed by atoms with Gasteiger partial charge in [0.05, 0.1) is 13.2 Å². The molecule has 0 aliphatic carbocycles. The van der Waals surface area contributed by atoms with Gasteiger partial charge >= 0.3 is 6.09 Å². The van der Waals surface area contributed by atoms with Crippen LogP contribution in [0.3, 0.4) is 0 Å². The highest BCUT2D eigenvalue weighted by Crippen LogP contribution is 2.31. The van der Waals surface area contributed by atoms with Gasteiger partial charge in [-0.15, -0.1) is 0 Å². The van der Waals surface area contributed by atoms with Gasteiger partial charge in [0.2, 0.25) is 0 Å². The van der Waals surface area contributed by atoms with E-state index in [1.165, 1.54) is 0 Å². The van der Waals surface area contributed by atoms with Crippen LogP contribution >= 0.6 is 0 Å². The SMILES string of the molecule is NC(=O)COC(=O)NCCCC1OCC(c2cccc3cc(O)ccc23)CO1. The zero-order valence-electron chi connectivity index (χ0n) is 15.4. The van der Waals surface area contributed by atoms with E-state index in [9.17, 15) is 14.7 Å². The molecule has 0 saturated carbocycles.